The Bertz CT molecular complexity index is 834. The normalized spacial score (nSPS) is 11.2. The summed E-state index contributed by atoms with van der Waals surface area (Å²) in [6.07, 6.45) is 0. The molecule has 1 aromatic heterocycles. The summed E-state index contributed by atoms with van der Waals surface area (Å²) in [5, 5.41) is 8.92. The van der Waals surface area contributed by atoms with Gasteiger partial charge in [-0.2, -0.15) is 0 Å². The summed E-state index contributed by atoms with van der Waals surface area (Å²) in [6.45, 7) is 0. The van der Waals surface area contributed by atoms with Crippen LogP contribution in [0.25, 0.3) is 0 Å². The molecule has 10 heteroatoms. The molecular formula is C12H9ClFNO5S2. The number of methoxy groups -OCH3 is 1. The zero-order valence-electron chi connectivity index (χ0n) is 11.0. The molecule has 2 N–H and O–H groups in total. The fraction of sp³-hybridized carbons (Fsp3) is 0.0833. The summed E-state index contributed by atoms with van der Waals surface area (Å²) in [4.78, 5) is 10.9. The molecule has 0 amide bonds. The first kappa shape index (κ1) is 16.5. The number of carbonyl (C=O) groups is 1. The number of carboxylic acids is 1. The zero-order valence-corrected chi connectivity index (χ0v) is 13.4. The molecule has 118 valence electrons. The maximum Gasteiger partial charge on any atom is 0.335 e. The zero-order chi connectivity index (χ0) is 16.5. The van der Waals surface area contributed by atoms with E-state index in [0.717, 1.165) is 30.6 Å². The number of ether oxygens (including phenoxy) is 1. The lowest BCUT2D eigenvalue weighted by Gasteiger charge is -2.12. The Hall–Kier alpha value is -1.84. The van der Waals surface area contributed by atoms with E-state index in [2.05, 4.69) is 4.72 Å². The quantitative estimate of drug-likeness (QED) is 0.849. The van der Waals surface area contributed by atoms with Crippen LogP contribution in [0.5, 0.6) is 5.75 Å². The van der Waals surface area contributed by atoms with Crippen LogP contribution in [0.3, 0.4) is 0 Å². The highest BCUT2D eigenvalue weighted by Gasteiger charge is 2.22. The number of anilines is 1. The van der Waals surface area contributed by atoms with E-state index in [1.165, 1.54) is 12.1 Å². The van der Waals surface area contributed by atoms with Crippen LogP contribution in [0, 0.1) is 5.82 Å². The van der Waals surface area contributed by atoms with Crippen molar-refractivity contribution in [3.8, 4) is 5.75 Å². The fourth-order valence-corrected chi connectivity index (χ4v) is 4.17. The predicted molar refractivity (Wildman–Crippen MR) is 80.0 cm³/mol. The van der Waals surface area contributed by atoms with Crippen LogP contribution < -0.4 is 9.46 Å². The molecule has 0 aliphatic rings. The molecule has 1 heterocycles. The smallest absolute Gasteiger partial charge is 0.335 e. The van der Waals surface area contributed by atoms with Gasteiger partial charge in [0, 0.05) is 0 Å². The molecule has 0 atom stereocenters. The van der Waals surface area contributed by atoms with Gasteiger partial charge >= 0.3 is 5.97 Å². The largest absolute Gasteiger partial charge is 0.492 e. The molecule has 0 fully saturated rings. The molecule has 0 bridgehead atoms. The van der Waals surface area contributed by atoms with Gasteiger partial charge in [-0.25, -0.2) is 17.6 Å². The van der Waals surface area contributed by atoms with Gasteiger partial charge in [-0.15, -0.1) is 11.3 Å². The molecule has 0 spiro atoms. The van der Waals surface area contributed by atoms with E-state index >= 15 is 0 Å². The number of carboxylic acid groups (broad SMARTS) is 1. The molecule has 6 nitrogen and oxygen atoms in total. The Labute approximate surface area is 134 Å². The van der Waals surface area contributed by atoms with Crippen molar-refractivity contribution in [2.45, 2.75) is 4.21 Å². The first-order valence-electron chi connectivity index (χ1n) is 5.63. The molecule has 0 saturated carbocycles. The van der Waals surface area contributed by atoms with Gasteiger partial charge in [-0.1, -0.05) is 11.6 Å². The lowest BCUT2D eigenvalue weighted by molar-refractivity contribution is 0.0696. The Balaban J connectivity index is 2.50. The van der Waals surface area contributed by atoms with Crippen molar-refractivity contribution in [1.29, 1.82) is 0 Å². The van der Waals surface area contributed by atoms with Crippen molar-refractivity contribution < 1.29 is 27.4 Å². The summed E-state index contributed by atoms with van der Waals surface area (Å²) in [5.74, 6) is -2.80. The molecule has 0 unspecified atom stereocenters. The Morgan fingerprint density at radius 3 is 2.59 bits per heavy atom. The highest BCUT2D eigenvalue weighted by atomic mass is 35.5. The number of aromatic carboxylic acids is 1. The van der Waals surface area contributed by atoms with Crippen molar-refractivity contribution in [3.05, 3.63) is 40.0 Å². The van der Waals surface area contributed by atoms with Gasteiger partial charge in [-0.05, 0) is 24.3 Å². The molecule has 0 aliphatic heterocycles. The lowest BCUT2D eigenvalue weighted by atomic mass is 10.2. The van der Waals surface area contributed by atoms with Gasteiger partial charge in [0.05, 0.1) is 22.7 Å². The van der Waals surface area contributed by atoms with E-state index < -0.39 is 33.1 Å². The minimum absolute atomic E-state index is 0.0966. The number of hydrogen-bond acceptors (Lipinski definition) is 5. The second-order valence-corrected chi connectivity index (χ2v) is 7.63. The van der Waals surface area contributed by atoms with Crippen LogP contribution >= 0.6 is 22.9 Å². The molecule has 22 heavy (non-hydrogen) atoms. The number of sulfonamides is 1. The maximum absolute atomic E-state index is 13.8. The molecule has 1 aromatic carbocycles. The second kappa shape index (κ2) is 6.11. The highest BCUT2D eigenvalue weighted by Crippen LogP contribution is 2.33. The van der Waals surface area contributed by atoms with Crippen LogP contribution in [-0.2, 0) is 10.0 Å². The summed E-state index contributed by atoms with van der Waals surface area (Å²) >= 11 is 6.49. The average Bonchev–Trinajstić information content (AvgIpc) is 2.85. The molecule has 0 radical (unpaired) electrons. The Morgan fingerprint density at radius 2 is 2.09 bits per heavy atom. The van der Waals surface area contributed by atoms with Crippen molar-refractivity contribution in [2.24, 2.45) is 0 Å². The number of rotatable bonds is 5. The van der Waals surface area contributed by atoms with Crippen LogP contribution in [0.2, 0.25) is 4.34 Å². The highest BCUT2D eigenvalue weighted by molar-refractivity contribution is 7.94. The molecular weight excluding hydrogens is 357 g/mol. The van der Waals surface area contributed by atoms with E-state index in [0.29, 0.717) is 0 Å². The van der Waals surface area contributed by atoms with Gasteiger partial charge < -0.3 is 9.84 Å². The van der Waals surface area contributed by atoms with E-state index in [1.54, 1.807) is 0 Å². The third-order valence-corrected chi connectivity index (χ3v) is 5.64. The average molecular weight is 366 g/mol. The molecule has 0 saturated heterocycles. The number of benzene rings is 1. The number of thiophene rings is 1. The van der Waals surface area contributed by atoms with E-state index in [1.807, 2.05) is 0 Å². The van der Waals surface area contributed by atoms with Crippen molar-refractivity contribution in [2.75, 3.05) is 11.8 Å². The fourth-order valence-electron chi connectivity index (χ4n) is 1.64. The number of halogens is 2. The number of hydrogen-bond donors (Lipinski definition) is 2. The lowest BCUT2D eigenvalue weighted by Crippen LogP contribution is -2.13. The molecule has 0 aliphatic carbocycles. The summed E-state index contributed by atoms with van der Waals surface area (Å²) in [6, 6.07) is 4.38. The topological polar surface area (TPSA) is 92.7 Å². The predicted octanol–water partition coefficient (Wildman–Crippen LogP) is 3.05. The Morgan fingerprint density at radius 1 is 1.41 bits per heavy atom. The van der Waals surface area contributed by atoms with Crippen LogP contribution in [0.4, 0.5) is 10.1 Å². The standard InChI is InChI=1S/C12H9ClFNO5S2/c1-20-11-7(14)4-6(12(16)17)5-8(11)15-22(18,19)10-3-2-9(13)21-10/h2-5,15H,1H3,(H,16,17). The van der Waals surface area contributed by atoms with E-state index in [-0.39, 0.29) is 14.2 Å². The van der Waals surface area contributed by atoms with Gasteiger partial charge in [0.15, 0.2) is 11.6 Å². The van der Waals surface area contributed by atoms with Gasteiger partial charge in [0.2, 0.25) is 0 Å². The van der Waals surface area contributed by atoms with Crippen LogP contribution in [0.15, 0.2) is 28.5 Å². The third kappa shape index (κ3) is 3.32. The molecule has 2 aromatic rings. The van der Waals surface area contributed by atoms with Crippen molar-refractivity contribution >= 4 is 44.6 Å². The monoisotopic (exact) mass is 365 g/mol. The second-order valence-electron chi connectivity index (χ2n) is 4.01. The van der Waals surface area contributed by atoms with Gasteiger partial charge in [0.25, 0.3) is 10.0 Å². The van der Waals surface area contributed by atoms with Gasteiger partial charge in [-0.3, -0.25) is 4.72 Å². The summed E-state index contributed by atoms with van der Waals surface area (Å²) < 4.78 is 45.2. The summed E-state index contributed by atoms with van der Waals surface area (Å²) in [5.41, 5.74) is -0.732. The van der Waals surface area contributed by atoms with Crippen molar-refractivity contribution in [3.63, 3.8) is 0 Å². The van der Waals surface area contributed by atoms with Crippen molar-refractivity contribution in [1.82, 2.24) is 0 Å². The van der Waals surface area contributed by atoms with E-state index in [9.17, 15) is 17.6 Å². The minimum atomic E-state index is -4.04. The van der Waals surface area contributed by atoms with Crippen LogP contribution in [-0.4, -0.2) is 26.6 Å². The van der Waals surface area contributed by atoms with E-state index in [4.69, 9.17) is 21.4 Å². The number of nitrogens with one attached hydrogen (secondary N) is 1. The SMILES string of the molecule is COc1c(F)cc(C(=O)O)cc1NS(=O)(=O)c1ccc(Cl)s1. The van der Waals surface area contributed by atoms with Gasteiger partial charge in [0.1, 0.15) is 4.21 Å². The van der Waals surface area contributed by atoms with Crippen LogP contribution in [0.1, 0.15) is 10.4 Å². The molecule has 2 rings (SSSR count). The Kier molecular flexibility index (Phi) is 4.59. The maximum atomic E-state index is 13.8. The minimum Gasteiger partial charge on any atom is -0.492 e. The third-order valence-electron chi connectivity index (χ3n) is 2.55. The summed E-state index contributed by atoms with van der Waals surface area (Å²) in [7, 11) is -2.90. The first-order valence-corrected chi connectivity index (χ1v) is 8.31. The first-order chi connectivity index (χ1) is 10.2.